The molecule has 5 heterocycles. The van der Waals surface area contributed by atoms with Crippen molar-refractivity contribution in [3.05, 3.63) is 48.9 Å². The molecule has 0 atom stereocenters. The standard InChI is InChI=1S/C26H29N9/c1-16(2)29-19-12-18(14-27-15-19)17-4-5-21-20(13-17)23(33-32-21)25-30-22-6-7-28-26(24(22)31-25)35-10-8-34(3)9-11-35/h4-7,12-16,29H,8-11H2,1-3H3,(H,30,31)(H,32,33). The molecule has 178 valence electrons. The molecule has 1 aliphatic heterocycles. The fourth-order valence-corrected chi connectivity index (χ4v) is 4.67. The van der Waals surface area contributed by atoms with Gasteiger partial charge < -0.3 is 20.1 Å². The number of aromatic amines is 2. The Bertz CT molecular complexity index is 1490. The second-order valence-electron chi connectivity index (χ2n) is 9.50. The molecule has 9 heteroatoms. The highest BCUT2D eigenvalue weighted by Gasteiger charge is 2.21. The quantitative estimate of drug-likeness (QED) is 0.357. The lowest BCUT2D eigenvalue weighted by atomic mass is 10.0. The molecule has 0 spiro atoms. The first-order valence-electron chi connectivity index (χ1n) is 12.0. The van der Waals surface area contributed by atoms with E-state index in [0.29, 0.717) is 6.04 Å². The largest absolute Gasteiger partial charge is 0.382 e. The van der Waals surface area contributed by atoms with Crippen molar-refractivity contribution in [1.82, 2.24) is 35.0 Å². The summed E-state index contributed by atoms with van der Waals surface area (Å²) in [5, 5.41) is 12.2. The van der Waals surface area contributed by atoms with Gasteiger partial charge in [-0.3, -0.25) is 10.1 Å². The van der Waals surface area contributed by atoms with Crippen LogP contribution in [0.15, 0.2) is 48.9 Å². The second kappa shape index (κ2) is 8.66. The van der Waals surface area contributed by atoms with Gasteiger partial charge in [0.15, 0.2) is 11.6 Å². The van der Waals surface area contributed by atoms with Crippen molar-refractivity contribution < 1.29 is 0 Å². The number of likely N-dealkylation sites (N-methyl/N-ethyl adjacent to an activating group) is 1. The average molecular weight is 468 g/mol. The van der Waals surface area contributed by atoms with Crippen LogP contribution in [0.3, 0.4) is 0 Å². The molecule has 0 radical (unpaired) electrons. The topological polar surface area (TPSA) is 102 Å². The van der Waals surface area contributed by atoms with Crippen LogP contribution in [0.1, 0.15) is 13.8 Å². The van der Waals surface area contributed by atoms with E-state index in [9.17, 15) is 0 Å². The van der Waals surface area contributed by atoms with Crippen molar-refractivity contribution in [3.63, 3.8) is 0 Å². The number of aromatic nitrogens is 6. The number of hydrogen-bond donors (Lipinski definition) is 3. The number of hydrogen-bond acceptors (Lipinski definition) is 7. The van der Waals surface area contributed by atoms with Crippen LogP contribution in [-0.4, -0.2) is 74.3 Å². The Labute approximate surface area is 203 Å². The first kappa shape index (κ1) is 21.5. The van der Waals surface area contributed by atoms with Gasteiger partial charge in [0.2, 0.25) is 0 Å². The minimum absolute atomic E-state index is 0.341. The molecule has 0 aliphatic carbocycles. The zero-order chi connectivity index (χ0) is 23.9. The van der Waals surface area contributed by atoms with E-state index in [1.54, 1.807) is 0 Å². The van der Waals surface area contributed by atoms with Crippen LogP contribution in [0.25, 0.3) is 44.6 Å². The fraction of sp³-hybridized carbons (Fsp3) is 0.308. The highest BCUT2D eigenvalue weighted by molar-refractivity contribution is 5.97. The molecule has 0 amide bonds. The van der Waals surface area contributed by atoms with Crippen molar-refractivity contribution in [2.45, 2.75) is 19.9 Å². The molecule has 1 fully saturated rings. The molecule has 1 aliphatic rings. The predicted octanol–water partition coefficient (Wildman–Crippen LogP) is 4.14. The monoisotopic (exact) mass is 467 g/mol. The Morgan fingerprint density at radius 2 is 1.83 bits per heavy atom. The van der Waals surface area contributed by atoms with Gasteiger partial charge in [0.1, 0.15) is 11.2 Å². The number of anilines is 2. The lowest BCUT2D eigenvalue weighted by Gasteiger charge is -2.33. The van der Waals surface area contributed by atoms with E-state index in [4.69, 9.17) is 4.98 Å². The number of H-pyrrole nitrogens is 2. The van der Waals surface area contributed by atoms with E-state index in [0.717, 1.165) is 82.3 Å². The van der Waals surface area contributed by atoms with Gasteiger partial charge >= 0.3 is 0 Å². The van der Waals surface area contributed by atoms with Crippen molar-refractivity contribution in [3.8, 4) is 22.6 Å². The molecule has 0 bridgehead atoms. The molecule has 9 nitrogen and oxygen atoms in total. The first-order valence-corrected chi connectivity index (χ1v) is 12.0. The van der Waals surface area contributed by atoms with Crippen LogP contribution in [0, 0.1) is 0 Å². The third kappa shape index (κ3) is 4.08. The molecule has 35 heavy (non-hydrogen) atoms. The van der Waals surface area contributed by atoms with Crippen LogP contribution in [0.4, 0.5) is 11.5 Å². The van der Waals surface area contributed by atoms with E-state index >= 15 is 0 Å². The number of rotatable bonds is 5. The second-order valence-corrected chi connectivity index (χ2v) is 9.50. The highest BCUT2D eigenvalue weighted by atomic mass is 15.3. The Kier molecular flexibility index (Phi) is 5.33. The zero-order valence-electron chi connectivity index (χ0n) is 20.2. The van der Waals surface area contributed by atoms with Gasteiger partial charge in [-0.1, -0.05) is 6.07 Å². The maximum atomic E-state index is 4.97. The van der Waals surface area contributed by atoms with Gasteiger partial charge in [0.25, 0.3) is 0 Å². The number of nitrogens with zero attached hydrogens (tertiary/aromatic N) is 6. The summed E-state index contributed by atoms with van der Waals surface area (Å²) in [4.78, 5) is 22.2. The lowest BCUT2D eigenvalue weighted by molar-refractivity contribution is 0.312. The van der Waals surface area contributed by atoms with E-state index in [2.05, 4.69) is 85.4 Å². The average Bonchev–Trinajstić information content (AvgIpc) is 3.48. The van der Waals surface area contributed by atoms with Crippen LogP contribution in [0.5, 0.6) is 0 Å². The zero-order valence-corrected chi connectivity index (χ0v) is 20.2. The van der Waals surface area contributed by atoms with Crippen molar-refractivity contribution in [1.29, 1.82) is 0 Å². The maximum Gasteiger partial charge on any atom is 0.159 e. The third-order valence-electron chi connectivity index (χ3n) is 6.50. The van der Waals surface area contributed by atoms with Gasteiger partial charge in [-0.2, -0.15) is 5.10 Å². The summed E-state index contributed by atoms with van der Waals surface area (Å²) < 4.78 is 0. The molecule has 0 saturated carbocycles. The molecule has 1 saturated heterocycles. The molecule has 1 aromatic carbocycles. The van der Waals surface area contributed by atoms with Crippen molar-refractivity contribution in [2.75, 3.05) is 43.4 Å². The van der Waals surface area contributed by atoms with Gasteiger partial charge in [-0.25, -0.2) is 9.97 Å². The van der Waals surface area contributed by atoms with Crippen LogP contribution in [0.2, 0.25) is 0 Å². The smallest absolute Gasteiger partial charge is 0.159 e. The first-order chi connectivity index (χ1) is 17.0. The number of nitrogens with one attached hydrogen (secondary N) is 3. The van der Waals surface area contributed by atoms with Gasteiger partial charge in [-0.15, -0.1) is 0 Å². The molecular formula is C26H29N9. The van der Waals surface area contributed by atoms with Crippen LogP contribution >= 0.6 is 0 Å². The summed E-state index contributed by atoms with van der Waals surface area (Å²) in [7, 11) is 2.15. The Morgan fingerprint density at radius 1 is 0.971 bits per heavy atom. The Balaban J connectivity index is 1.39. The number of fused-ring (bicyclic) bond motifs is 2. The summed E-state index contributed by atoms with van der Waals surface area (Å²) in [6.45, 7) is 8.16. The molecule has 0 unspecified atom stereocenters. The number of benzene rings is 1. The van der Waals surface area contributed by atoms with Gasteiger partial charge in [-0.05, 0) is 50.7 Å². The minimum atomic E-state index is 0.341. The summed E-state index contributed by atoms with van der Waals surface area (Å²) in [6, 6.07) is 10.7. The normalized spacial score (nSPS) is 14.9. The molecule has 5 aromatic rings. The van der Waals surface area contributed by atoms with E-state index in [1.165, 1.54) is 0 Å². The SMILES string of the molecule is CC(C)Nc1cncc(-c2ccc3[nH]nc(-c4nc5c(N6CCN(C)CC6)nccc5[nH]4)c3c2)c1. The molecule has 6 rings (SSSR count). The maximum absolute atomic E-state index is 4.97. The Hall–Kier alpha value is -3.98. The van der Waals surface area contributed by atoms with E-state index < -0.39 is 0 Å². The molecular weight excluding hydrogens is 438 g/mol. The Morgan fingerprint density at radius 3 is 2.66 bits per heavy atom. The highest BCUT2D eigenvalue weighted by Crippen LogP contribution is 2.32. The lowest BCUT2D eigenvalue weighted by Crippen LogP contribution is -2.44. The minimum Gasteiger partial charge on any atom is -0.382 e. The number of pyridine rings is 2. The summed E-state index contributed by atoms with van der Waals surface area (Å²) in [5.74, 6) is 1.67. The summed E-state index contributed by atoms with van der Waals surface area (Å²) in [5.41, 5.74) is 6.75. The number of imidazole rings is 1. The van der Waals surface area contributed by atoms with Gasteiger partial charge in [0.05, 0.1) is 16.7 Å². The van der Waals surface area contributed by atoms with Crippen LogP contribution < -0.4 is 10.2 Å². The van der Waals surface area contributed by atoms with E-state index in [-0.39, 0.29) is 0 Å². The van der Waals surface area contributed by atoms with Crippen LogP contribution in [-0.2, 0) is 0 Å². The van der Waals surface area contributed by atoms with Gasteiger partial charge in [0, 0.05) is 61.8 Å². The summed E-state index contributed by atoms with van der Waals surface area (Å²) >= 11 is 0. The fourth-order valence-electron chi connectivity index (χ4n) is 4.67. The van der Waals surface area contributed by atoms with Crippen molar-refractivity contribution in [2.24, 2.45) is 0 Å². The molecule has 3 N–H and O–H groups in total. The van der Waals surface area contributed by atoms with E-state index in [1.807, 2.05) is 24.7 Å². The number of piperazine rings is 1. The molecule has 4 aromatic heterocycles. The van der Waals surface area contributed by atoms with Crippen molar-refractivity contribution >= 4 is 33.4 Å². The third-order valence-corrected chi connectivity index (χ3v) is 6.50. The predicted molar refractivity (Wildman–Crippen MR) is 141 cm³/mol. The summed E-state index contributed by atoms with van der Waals surface area (Å²) in [6.07, 6.45) is 5.59.